The van der Waals surface area contributed by atoms with Gasteiger partial charge in [0.15, 0.2) is 0 Å². The fraction of sp³-hybridized carbons (Fsp3) is 0.240. The SMILES string of the molecule is CN1CCN(CC(=O)Nc2ccc(-c3cn(-c4ccccc4)c4ncnc(Cl)c34)cc2)CC1. The summed E-state index contributed by atoms with van der Waals surface area (Å²) in [6.07, 6.45) is 3.51. The number of carbonyl (C=O) groups excluding carboxylic acids is 1. The normalized spacial score (nSPS) is 15.1. The number of para-hydroxylation sites is 1. The maximum absolute atomic E-state index is 12.5. The zero-order valence-electron chi connectivity index (χ0n) is 18.4. The quantitative estimate of drug-likeness (QED) is 0.457. The van der Waals surface area contributed by atoms with Gasteiger partial charge >= 0.3 is 0 Å². The van der Waals surface area contributed by atoms with E-state index in [9.17, 15) is 4.79 Å². The lowest BCUT2D eigenvalue weighted by atomic mass is 10.1. The van der Waals surface area contributed by atoms with E-state index in [2.05, 4.69) is 32.1 Å². The van der Waals surface area contributed by atoms with Gasteiger partial charge in [0.1, 0.15) is 17.1 Å². The van der Waals surface area contributed by atoms with E-state index in [1.807, 2.05) is 65.4 Å². The molecule has 8 heteroatoms. The van der Waals surface area contributed by atoms with Crippen molar-refractivity contribution in [3.05, 3.63) is 72.3 Å². The molecular formula is C25H25ClN6O. The number of piperazine rings is 1. The molecule has 7 nitrogen and oxygen atoms in total. The molecular weight excluding hydrogens is 436 g/mol. The molecule has 1 amide bonds. The van der Waals surface area contributed by atoms with Crippen LogP contribution in [0.25, 0.3) is 27.8 Å². The molecule has 0 spiro atoms. The fourth-order valence-electron chi connectivity index (χ4n) is 4.17. The van der Waals surface area contributed by atoms with E-state index in [1.54, 1.807) is 0 Å². The second-order valence-electron chi connectivity index (χ2n) is 8.32. The Morgan fingerprint density at radius 3 is 2.45 bits per heavy atom. The Balaban J connectivity index is 1.38. The number of nitrogens with zero attached hydrogens (tertiary/aromatic N) is 5. The summed E-state index contributed by atoms with van der Waals surface area (Å²) in [5.41, 5.74) is 4.43. The second-order valence-corrected chi connectivity index (χ2v) is 8.67. The number of amides is 1. The number of nitrogens with one attached hydrogen (secondary N) is 1. The molecule has 1 aliphatic rings. The van der Waals surface area contributed by atoms with Crippen LogP contribution in [0.2, 0.25) is 5.15 Å². The van der Waals surface area contributed by atoms with Gasteiger partial charge in [0.25, 0.3) is 0 Å². The number of fused-ring (bicyclic) bond motifs is 1. The van der Waals surface area contributed by atoms with E-state index >= 15 is 0 Å². The molecule has 2 aromatic heterocycles. The van der Waals surface area contributed by atoms with Crippen molar-refractivity contribution in [3.63, 3.8) is 0 Å². The first-order valence-electron chi connectivity index (χ1n) is 11.0. The molecule has 1 N–H and O–H groups in total. The van der Waals surface area contributed by atoms with Crippen LogP contribution in [0.5, 0.6) is 0 Å². The Kier molecular flexibility index (Phi) is 6.09. The molecule has 0 aliphatic carbocycles. The lowest BCUT2D eigenvalue weighted by Gasteiger charge is -2.31. The zero-order valence-corrected chi connectivity index (χ0v) is 19.2. The molecule has 0 unspecified atom stereocenters. The number of halogens is 1. The van der Waals surface area contributed by atoms with Gasteiger partial charge in [-0.2, -0.15) is 0 Å². The molecule has 1 aliphatic heterocycles. The van der Waals surface area contributed by atoms with Crippen molar-refractivity contribution in [2.75, 3.05) is 45.1 Å². The van der Waals surface area contributed by atoms with Crippen LogP contribution in [-0.4, -0.2) is 70.0 Å². The van der Waals surface area contributed by atoms with Gasteiger partial charge < -0.3 is 14.8 Å². The average Bonchev–Trinajstić information content (AvgIpc) is 3.23. The standard InChI is InChI=1S/C25H25ClN6O/c1-30-11-13-31(14-12-30)16-22(33)29-19-9-7-18(8-10-19)21-15-32(20-5-3-2-4-6-20)25-23(21)24(26)27-17-28-25/h2-10,15,17H,11-14,16H2,1H3,(H,29,33). The van der Waals surface area contributed by atoms with E-state index in [0.29, 0.717) is 11.7 Å². The number of anilines is 1. The third kappa shape index (κ3) is 4.61. The van der Waals surface area contributed by atoms with Crippen LogP contribution in [0.15, 0.2) is 67.1 Å². The highest BCUT2D eigenvalue weighted by molar-refractivity contribution is 6.35. The Labute approximate surface area is 197 Å². The molecule has 0 bridgehead atoms. The van der Waals surface area contributed by atoms with Crippen LogP contribution in [0.4, 0.5) is 5.69 Å². The monoisotopic (exact) mass is 460 g/mol. The minimum Gasteiger partial charge on any atom is -0.325 e. The molecule has 0 atom stereocenters. The molecule has 33 heavy (non-hydrogen) atoms. The van der Waals surface area contributed by atoms with Gasteiger partial charge in [-0.3, -0.25) is 9.69 Å². The molecule has 3 heterocycles. The topological polar surface area (TPSA) is 66.3 Å². The molecule has 0 radical (unpaired) electrons. The summed E-state index contributed by atoms with van der Waals surface area (Å²) in [5, 5.41) is 4.22. The van der Waals surface area contributed by atoms with Gasteiger partial charge in [-0.1, -0.05) is 41.9 Å². The maximum atomic E-state index is 12.5. The van der Waals surface area contributed by atoms with Crippen LogP contribution >= 0.6 is 11.6 Å². The first kappa shape index (κ1) is 21.6. The van der Waals surface area contributed by atoms with Crippen molar-refractivity contribution in [3.8, 4) is 16.8 Å². The van der Waals surface area contributed by atoms with E-state index < -0.39 is 0 Å². The summed E-state index contributed by atoms with van der Waals surface area (Å²) in [6, 6.07) is 17.8. The molecule has 1 fully saturated rings. The van der Waals surface area contributed by atoms with Crippen LogP contribution in [0.3, 0.4) is 0 Å². The molecule has 5 rings (SSSR count). The van der Waals surface area contributed by atoms with Gasteiger partial charge in [0, 0.05) is 49.3 Å². The minimum absolute atomic E-state index is 0.00410. The van der Waals surface area contributed by atoms with Crippen molar-refractivity contribution in [1.29, 1.82) is 0 Å². The summed E-state index contributed by atoms with van der Waals surface area (Å²) in [6.45, 7) is 4.22. The number of hydrogen-bond donors (Lipinski definition) is 1. The van der Waals surface area contributed by atoms with Gasteiger partial charge in [0.2, 0.25) is 5.91 Å². The molecule has 0 saturated carbocycles. The largest absolute Gasteiger partial charge is 0.325 e. The lowest BCUT2D eigenvalue weighted by molar-refractivity contribution is -0.117. The highest BCUT2D eigenvalue weighted by atomic mass is 35.5. The predicted octanol–water partition coefficient (Wildman–Crippen LogP) is 3.93. The Hall–Kier alpha value is -3.26. The van der Waals surface area contributed by atoms with Crippen molar-refractivity contribution in [1.82, 2.24) is 24.3 Å². The molecule has 1 saturated heterocycles. The van der Waals surface area contributed by atoms with Crippen molar-refractivity contribution < 1.29 is 4.79 Å². The summed E-state index contributed by atoms with van der Waals surface area (Å²) < 4.78 is 2.02. The molecule has 2 aromatic carbocycles. The van der Waals surface area contributed by atoms with Gasteiger partial charge in [-0.15, -0.1) is 0 Å². The maximum Gasteiger partial charge on any atom is 0.238 e. The Bertz CT molecular complexity index is 1260. The van der Waals surface area contributed by atoms with Gasteiger partial charge in [0.05, 0.1) is 11.9 Å². The Morgan fingerprint density at radius 1 is 1.00 bits per heavy atom. The number of rotatable bonds is 5. The summed E-state index contributed by atoms with van der Waals surface area (Å²) in [5.74, 6) is 0.00410. The van der Waals surface area contributed by atoms with Crippen LogP contribution < -0.4 is 5.32 Å². The summed E-state index contributed by atoms with van der Waals surface area (Å²) in [4.78, 5) is 25.6. The highest BCUT2D eigenvalue weighted by Gasteiger charge is 2.18. The second kappa shape index (κ2) is 9.31. The van der Waals surface area contributed by atoms with E-state index in [0.717, 1.165) is 59.7 Å². The highest BCUT2D eigenvalue weighted by Crippen LogP contribution is 2.35. The molecule has 168 valence electrons. The summed E-state index contributed by atoms with van der Waals surface area (Å²) in [7, 11) is 2.11. The van der Waals surface area contributed by atoms with Crippen molar-refractivity contribution >= 4 is 34.2 Å². The molecule has 4 aromatic rings. The number of carbonyl (C=O) groups is 1. The summed E-state index contributed by atoms with van der Waals surface area (Å²) >= 11 is 6.49. The smallest absolute Gasteiger partial charge is 0.238 e. The van der Waals surface area contributed by atoms with Crippen molar-refractivity contribution in [2.24, 2.45) is 0 Å². The zero-order chi connectivity index (χ0) is 22.8. The predicted molar refractivity (Wildman–Crippen MR) is 132 cm³/mol. The van der Waals surface area contributed by atoms with Gasteiger partial charge in [-0.05, 0) is 36.9 Å². The lowest BCUT2D eigenvalue weighted by Crippen LogP contribution is -2.47. The number of hydrogen-bond acceptors (Lipinski definition) is 5. The van der Waals surface area contributed by atoms with Crippen LogP contribution in [0, 0.1) is 0 Å². The third-order valence-corrected chi connectivity index (χ3v) is 6.30. The fourth-order valence-corrected chi connectivity index (χ4v) is 4.40. The minimum atomic E-state index is 0.00410. The number of aromatic nitrogens is 3. The average molecular weight is 461 g/mol. The first-order chi connectivity index (χ1) is 16.1. The number of benzene rings is 2. The van der Waals surface area contributed by atoms with Crippen LogP contribution in [-0.2, 0) is 4.79 Å². The van der Waals surface area contributed by atoms with E-state index in [-0.39, 0.29) is 5.91 Å². The van der Waals surface area contributed by atoms with E-state index in [4.69, 9.17) is 11.6 Å². The van der Waals surface area contributed by atoms with Crippen molar-refractivity contribution in [2.45, 2.75) is 0 Å². The van der Waals surface area contributed by atoms with Crippen LogP contribution in [0.1, 0.15) is 0 Å². The van der Waals surface area contributed by atoms with E-state index in [1.165, 1.54) is 6.33 Å². The number of likely N-dealkylation sites (N-methyl/N-ethyl adjacent to an activating group) is 1. The third-order valence-electron chi connectivity index (χ3n) is 6.01. The van der Waals surface area contributed by atoms with Gasteiger partial charge in [-0.25, -0.2) is 9.97 Å². The first-order valence-corrected chi connectivity index (χ1v) is 11.3. The Morgan fingerprint density at radius 2 is 1.73 bits per heavy atom.